The smallest absolute Gasteiger partial charge is 0.306 e. The molecule has 0 amide bonds. The summed E-state index contributed by atoms with van der Waals surface area (Å²) in [5, 5.41) is 12.6. The van der Waals surface area contributed by atoms with E-state index < -0.39 is 11.9 Å². The van der Waals surface area contributed by atoms with E-state index in [0.717, 1.165) is 5.69 Å². The molecule has 0 aliphatic rings. The van der Waals surface area contributed by atoms with Crippen molar-refractivity contribution in [2.75, 3.05) is 0 Å². The normalized spacial score (nSPS) is 12.5. The summed E-state index contributed by atoms with van der Waals surface area (Å²) in [4.78, 5) is 22.3. The first-order valence-corrected chi connectivity index (χ1v) is 4.68. The first-order valence-electron chi connectivity index (χ1n) is 4.68. The molecule has 1 aromatic heterocycles. The average molecular weight is 210 g/mol. The molecule has 1 atom stereocenters. The summed E-state index contributed by atoms with van der Waals surface area (Å²) in [7, 11) is 1.74. The highest BCUT2D eigenvalue weighted by atomic mass is 16.4. The Bertz CT molecular complexity index is 395. The monoisotopic (exact) mass is 210 g/mol. The van der Waals surface area contributed by atoms with E-state index in [1.54, 1.807) is 18.7 Å². The van der Waals surface area contributed by atoms with Crippen molar-refractivity contribution in [2.45, 2.75) is 20.3 Å². The van der Waals surface area contributed by atoms with Crippen LogP contribution < -0.4 is 0 Å². The second kappa shape index (κ2) is 4.25. The maximum atomic E-state index is 11.7. The van der Waals surface area contributed by atoms with Gasteiger partial charge >= 0.3 is 5.97 Å². The first-order chi connectivity index (χ1) is 6.93. The maximum Gasteiger partial charge on any atom is 0.306 e. The molecule has 0 spiro atoms. The lowest BCUT2D eigenvalue weighted by Crippen LogP contribution is -2.15. The Morgan fingerprint density at radius 1 is 1.60 bits per heavy atom. The van der Waals surface area contributed by atoms with E-state index >= 15 is 0 Å². The van der Waals surface area contributed by atoms with Gasteiger partial charge in [-0.3, -0.25) is 14.3 Å². The molecule has 0 aromatic carbocycles. The van der Waals surface area contributed by atoms with Crippen LogP contribution >= 0.6 is 0 Å². The van der Waals surface area contributed by atoms with Crippen LogP contribution in [0.15, 0.2) is 6.20 Å². The minimum absolute atomic E-state index is 0.0157. The third kappa shape index (κ3) is 2.43. The van der Waals surface area contributed by atoms with E-state index in [1.807, 2.05) is 0 Å². The number of aryl methyl sites for hydroxylation is 1. The van der Waals surface area contributed by atoms with Crippen molar-refractivity contribution in [1.29, 1.82) is 0 Å². The topological polar surface area (TPSA) is 72.2 Å². The zero-order chi connectivity index (χ0) is 11.6. The van der Waals surface area contributed by atoms with Gasteiger partial charge in [0.1, 0.15) is 0 Å². The highest BCUT2D eigenvalue weighted by Crippen LogP contribution is 2.13. The number of rotatable bonds is 4. The summed E-state index contributed by atoms with van der Waals surface area (Å²) in [6.07, 6.45) is 1.49. The SMILES string of the molecule is Cc1c(C(=O)CC(C)C(=O)O)cnn1C. The van der Waals surface area contributed by atoms with Gasteiger partial charge in [0.25, 0.3) is 0 Å². The molecule has 1 unspecified atom stereocenters. The van der Waals surface area contributed by atoms with E-state index in [9.17, 15) is 9.59 Å². The van der Waals surface area contributed by atoms with Crippen molar-refractivity contribution in [3.8, 4) is 0 Å². The van der Waals surface area contributed by atoms with E-state index in [1.165, 1.54) is 13.1 Å². The highest BCUT2D eigenvalue weighted by molar-refractivity contribution is 5.98. The number of Topliss-reactive ketones (excluding diaryl/α,β-unsaturated/α-hetero) is 1. The summed E-state index contributed by atoms with van der Waals surface area (Å²) in [6, 6.07) is 0. The van der Waals surface area contributed by atoms with Crippen LogP contribution in [-0.4, -0.2) is 26.6 Å². The van der Waals surface area contributed by atoms with Crippen LogP contribution in [0.5, 0.6) is 0 Å². The highest BCUT2D eigenvalue weighted by Gasteiger charge is 2.19. The Kier molecular flexibility index (Phi) is 3.24. The summed E-state index contributed by atoms with van der Waals surface area (Å²) < 4.78 is 1.60. The predicted molar refractivity (Wildman–Crippen MR) is 53.7 cm³/mol. The molecule has 82 valence electrons. The number of hydrogen-bond donors (Lipinski definition) is 1. The van der Waals surface area contributed by atoms with Crippen LogP contribution in [0.25, 0.3) is 0 Å². The van der Waals surface area contributed by atoms with Crippen LogP contribution in [0.2, 0.25) is 0 Å². The Labute approximate surface area is 87.7 Å². The predicted octanol–water partition coefficient (Wildman–Crippen LogP) is 1.02. The number of ketones is 1. The largest absolute Gasteiger partial charge is 0.481 e. The lowest BCUT2D eigenvalue weighted by molar-refractivity contribution is -0.141. The van der Waals surface area contributed by atoms with Gasteiger partial charge < -0.3 is 5.11 Å². The molecule has 0 saturated heterocycles. The van der Waals surface area contributed by atoms with Gasteiger partial charge in [-0.25, -0.2) is 0 Å². The number of nitrogens with zero attached hydrogens (tertiary/aromatic N) is 2. The van der Waals surface area contributed by atoms with Gasteiger partial charge in [0, 0.05) is 19.2 Å². The molecule has 0 aliphatic heterocycles. The quantitative estimate of drug-likeness (QED) is 0.753. The Hall–Kier alpha value is -1.65. The second-order valence-corrected chi connectivity index (χ2v) is 3.63. The second-order valence-electron chi connectivity index (χ2n) is 3.63. The molecule has 15 heavy (non-hydrogen) atoms. The Balaban J connectivity index is 2.78. The molecule has 0 bridgehead atoms. The lowest BCUT2D eigenvalue weighted by Gasteiger charge is -2.04. The van der Waals surface area contributed by atoms with E-state index in [4.69, 9.17) is 5.11 Å². The van der Waals surface area contributed by atoms with Crippen LogP contribution in [0.4, 0.5) is 0 Å². The Morgan fingerprint density at radius 2 is 2.20 bits per heavy atom. The van der Waals surface area contributed by atoms with Gasteiger partial charge in [-0.05, 0) is 6.92 Å². The van der Waals surface area contributed by atoms with Crippen molar-refractivity contribution in [3.63, 3.8) is 0 Å². The fourth-order valence-corrected chi connectivity index (χ4v) is 1.25. The lowest BCUT2D eigenvalue weighted by atomic mass is 10.0. The molecule has 0 aliphatic carbocycles. The number of carbonyl (C=O) groups is 2. The van der Waals surface area contributed by atoms with Crippen LogP contribution in [-0.2, 0) is 11.8 Å². The zero-order valence-corrected chi connectivity index (χ0v) is 9.02. The fraction of sp³-hybridized carbons (Fsp3) is 0.500. The Morgan fingerprint density at radius 3 is 2.60 bits per heavy atom. The summed E-state index contributed by atoms with van der Waals surface area (Å²) >= 11 is 0. The molecule has 0 fully saturated rings. The van der Waals surface area contributed by atoms with Gasteiger partial charge in [0.2, 0.25) is 0 Å². The van der Waals surface area contributed by atoms with E-state index in [-0.39, 0.29) is 12.2 Å². The molecular formula is C10H14N2O3. The average Bonchev–Trinajstić information content (AvgIpc) is 2.47. The summed E-state index contributed by atoms with van der Waals surface area (Å²) in [6.45, 7) is 3.30. The van der Waals surface area contributed by atoms with Crippen molar-refractivity contribution >= 4 is 11.8 Å². The number of hydrogen-bond acceptors (Lipinski definition) is 3. The van der Waals surface area contributed by atoms with Crippen molar-refractivity contribution in [2.24, 2.45) is 13.0 Å². The molecule has 1 N–H and O–H groups in total. The molecule has 1 aromatic rings. The third-order valence-corrected chi connectivity index (χ3v) is 2.45. The molecular weight excluding hydrogens is 196 g/mol. The zero-order valence-electron chi connectivity index (χ0n) is 9.02. The molecule has 5 heteroatoms. The number of aromatic nitrogens is 2. The van der Waals surface area contributed by atoms with Gasteiger partial charge in [-0.1, -0.05) is 6.92 Å². The standard InChI is InChI=1S/C10H14N2O3/c1-6(10(14)15)4-9(13)8-5-11-12(3)7(8)2/h5-6H,4H2,1-3H3,(H,14,15). The minimum Gasteiger partial charge on any atom is -0.481 e. The maximum absolute atomic E-state index is 11.7. The number of aliphatic carboxylic acids is 1. The molecule has 0 saturated carbocycles. The van der Waals surface area contributed by atoms with Gasteiger partial charge in [-0.2, -0.15) is 5.10 Å². The van der Waals surface area contributed by atoms with Crippen LogP contribution in [0.3, 0.4) is 0 Å². The minimum atomic E-state index is -0.954. The number of carboxylic acids is 1. The fourth-order valence-electron chi connectivity index (χ4n) is 1.25. The van der Waals surface area contributed by atoms with Crippen molar-refractivity contribution in [3.05, 3.63) is 17.5 Å². The van der Waals surface area contributed by atoms with Gasteiger partial charge in [-0.15, -0.1) is 0 Å². The summed E-state index contributed by atoms with van der Waals surface area (Å²) in [5.74, 6) is -1.78. The third-order valence-electron chi connectivity index (χ3n) is 2.45. The molecule has 1 rings (SSSR count). The van der Waals surface area contributed by atoms with E-state index in [2.05, 4.69) is 5.10 Å². The van der Waals surface area contributed by atoms with Crippen molar-refractivity contribution in [1.82, 2.24) is 9.78 Å². The van der Waals surface area contributed by atoms with Gasteiger partial charge in [0.05, 0.1) is 17.7 Å². The summed E-state index contributed by atoms with van der Waals surface area (Å²) in [5.41, 5.74) is 1.27. The first kappa shape index (κ1) is 11.4. The number of carboxylic acid groups (broad SMARTS) is 1. The van der Waals surface area contributed by atoms with E-state index in [0.29, 0.717) is 5.56 Å². The molecule has 1 heterocycles. The van der Waals surface area contributed by atoms with Gasteiger partial charge in [0.15, 0.2) is 5.78 Å². The van der Waals surface area contributed by atoms with Crippen molar-refractivity contribution < 1.29 is 14.7 Å². The molecule has 5 nitrogen and oxygen atoms in total. The van der Waals surface area contributed by atoms with Crippen LogP contribution in [0, 0.1) is 12.8 Å². The van der Waals surface area contributed by atoms with Crippen LogP contribution in [0.1, 0.15) is 29.4 Å². The number of carbonyl (C=O) groups excluding carboxylic acids is 1. The molecule has 0 radical (unpaired) electrons.